The van der Waals surface area contributed by atoms with Gasteiger partial charge in [-0.3, -0.25) is 4.90 Å². The van der Waals surface area contributed by atoms with E-state index in [9.17, 15) is 0 Å². The van der Waals surface area contributed by atoms with Gasteiger partial charge in [0.1, 0.15) is 0 Å². The molecule has 19 heavy (non-hydrogen) atoms. The Morgan fingerprint density at radius 1 is 1.37 bits per heavy atom. The Labute approximate surface area is 121 Å². The molecule has 2 aliphatic rings. The van der Waals surface area contributed by atoms with Crippen molar-refractivity contribution in [2.45, 2.75) is 45.6 Å². The topological polar surface area (TPSA) is 15.3 Å². The van der Waals surface area contributed by atoms with E-state index in [0.29, 0.717) is 11.5 Å². The van der Waals surface area contributed by atoms with Crippen LogP contribution in [0.3, 0.4) is 0 Å². The number of hydrogen-bond donors (Lipinski definition) is 1. The number of hydrogen-bond acceptors (Lipinski definition) is 3. The van der Waals surface area contributed by atoms with Crippen molar-refractivity contribution in [2.75, 3.05) is 26.2 Å². The summed E-state index contributed by atoms with van der Waals surface area (Å²) in [6, 6.07) is 2.86. The van der Waals surface area contributed by atoms with Crippen molar-refractivity contribution in [3.8, 4) is 0 Å². The molecule has 106 valence electrons. The van der Waals surface area contributed by atoms with E-state index in [0.717, 1.165) is 0 Å². The van der Waals surface area contributed by atoms with Crippen molar-refractivity contribution in [1.82, 2.24) is 10.2 Å². The van der Waals surface area contributed by atoms with Gasteiger partial charge in [0, 0.05) is 24.0 Å². The zero-order valence-corrected chi connectivity index (χ0v) is 13.1. The number of nitrogens with zero attached hydrogens (tertiary/aromatic N) is 1. The number of nitrogens with one attached hydrogen (secondary N) is 1. The van der Waals surface area contributed by atoms with Crippen molar-refractivity contribution in [1.29, 1.82) is 0 Å². The average Bonchev–Trinajstić information content (AvgIpc) is 2.85. The summed E-state index contributed by atoms with van der Waals surface area (Å²) in [7, 11) is 0. The maximum Gasteiger partial charge on any atom is 0.0416 e. The van der Waals surface area contributed by atoms with Crippen LogP contribution in [0.5, 0.6) is 0 Å². The molecule has 0 aromatic carbocycles. The summed E-state index contributed by atoms with van der Waals surface area (Å²) in [6.07, 6.45) is 5.58. The molecule has 2 fully saturated rings. The number of likely N-dealkylation sites (tertiary alicyclic amines) is 1. The highest BCUT2D eigenvalue weighted by molar-refractivity contribution is 7.10. The molecule has 0 saturated carbocycles. The van der Waals surface area contributed by atoms with Crippen LogP contribution in [0.25, 0.3) is 0 Å². The van der Waals surface area contributed by atoms with Crippen LogP contribution in [0.2, 0.25) is 0 Å². The first-order valence-electron chi connectivity index (χ1n) is 7.69. The highest BCUT2D eigenvalue weighted by Crippen LogP contribution is 2.39. The van der Waals surface area contributed by atoms with Crippen molar-refractivity contribution < 1.29 is 0 Å². The zero-order chi connectivity index (χ0) is 13.3. The summed E-state index contributed by atoms with van der Waals surface area (Å²) in [5, 5.41) is 5.87. The molecule has 3 rings (SSSR count). The molecule has 0 radical (unpaired) electrons. The molecule has 2 saturated heterocycles. The third-order valence-corrected chi connectivity index (χ3v) is 6.27. The van der Waals surface area contributed by atoms with Crippen LogP contribution in [-0.4, -0.2) is 31.1 Å². The van der Waals surface area contributed by atoms with Crippen molar-refractivity contribution in [3.05, 3.63) is 21.9 Å². The van der Waals surface area contributed by atoms with Gasteiger partial charge < -0.3 is 5.32 Å². The van der Waals surface area contributed by atoms with Crippen LogP contribution in [0, 0.1) is 12.3 Å². The fraction of sp³-hybridized carbons (Fsp3) is 0.750. The van der Waals surface area contributed by atoms with Gasteiger partial charge in [0.2, 0.25) is 0 Å². The molecule has 3 heterocycles. The maximum absolute atomic E-state index is 3.63. The minimum atomic E-state index is 0.565. The van der Waals surface area contributed by atoms with Crippen LogP contribution in [0.4, 0.5) is 0 Å². The second-order valence-electron chi connectivity index (χ2n) is 6.50. The van der Waals surface area contributed by atoms with Gasteiger partial charge in [0.15, 0.2) is 0 Å². The molecule has 1 spiro atoms. The molecule has 2 nitrogen and oxygen atoms in total. The molecule has 0 bridgehead atoms. The zero-order valence-electron chi connectivity index (χ0n) is 12.2. The van der Waals surface area contributed by atoms with Gasteiger partial charge in [-0.1, -0.05) is 0 Å². The Bertz CT molecular complexity index is 415. The van der Waals surface area contributed by atoms with E-state index < -0.39 is 0 Å². The van der Waals surface area contributed by atoms with Gasteiger partial charge in [-0.15, -0.1) is 11.3 Å². The normalized spacial score (nSPS) is 30.6. The average molecular weight is 278 g/mol. The summed E-state index contributed by atoms with van der Waals surface area (Å²) in [5.74, 6) is 0. The molecule has 0 amide bonds. The second-order valence-corrected chi connectivity index (χ2v) is 7.45. The third kappa shape index (κ3) is 2.74. The molecule has 2 aliphatic heterocycles. The Kier molecular flexibility index (Phi) is 3.97. The van der Waals surface area contributed by atoms with E-state index >= 15 is 0 Å². The molecule has 0 aliphatic carbocycles. The minimum Gasteiger partial charge on any atom is -0.316 e. The van der Waals surface area contributed by atoms with E-state index in [2.05, 4.69) is 35.5 Å². The highest BCUT2D eigenvalue weighted by Gasteiger charge is 2.38. The number of piperidine rings is 2. The molecule has 3 heteroatoms. The Morgan fingerprint density at radius 2 is 2.21 bits per heavy atom. The standard InChI is InChI=1S/C16H26N2S/c1-13-5-10-19-15(13)14(2)18-9-4-7-16(12-18)6-3-8-17-11-16/h5,10,14,17H,3-4,6-9,11-12H2,1-2H3. The quantitative estimate of drug-likeness (QED) is 0.889. The van der Waals surface area contributed by atoms with E-state index in [4.69, 9.17) is 0 Å². The number of aryl methyl sites for hydroxylation is 1. The predicted molar refractivity (Wildman–Crippen MR) is 82.8 cm³/mol. The Morgan fingerprint density at radius 3 is 2.89 bits per heavy atom. The van der Waals surface area contributed by atoms with Crippen LogP contribution in [0.15, 0.2) is 11.4 Å². The monoisotopic (exact) mass is 278 g/mol. The number of thiophene rings is 1. The van der Waals surface area contributed by atoms with Gasteiger partial charge >= 0.3 is 0 Å². The molecule has 1 aromatic heterocycles. The summed E-state index contributed by atoms with van der Waals surface area (Å²) in [5.41, 5.74) is 2.04. The highest BCUT2D eigenvalue weighted by atomic mass is 32.1. The molecule has 1 aromatic rings. The van der Waals surface area contributed by atoms with Crippen LogP contribution in [-0.2, 0) is 0 Å². The van der Waals surface area contributed by atoms with Crippen molar-refractivity contribution in [3.63, 3.8) is 0 Å². The molecule has 2 unspecified atom stereocenters. The number of rotatable bonds is 2. The Hall–Kier alpha value is -0.380. The predicted octanol–water partition coefficient (Wildman–Crippen LogP) is 3.58. The largest absolute Gasteiger partial charge is 0.316 e. The second kappa shape index (κ2) is 5.55. The van der Waals surface area contributed by atoms with Crippen molar-refractivity contribution >= 4 is 11.3 Å². The summed E-state index contributed by atoms with van der Waals surface area (Å²) < 4.78 is 0. The first-order valence-corrected chi connectivity index (χ1v) is 8.57. The van der Waals surface area contributed by atoms with Gasteiger partial charge in [-0.05, 0) is 75.0 Å². The molecular formula is C16H26N2S. The lowest BCUT2D eigenvalue weighted by atomic mass is 9.74. The van der Waals surface area contributed by atoms with E-state index in [1.54, 1.807) is 4.88 Å². The van der Waals surface area contributed by atoms with E-state index in [1.807, 2.05) is 11.3 Å². The smallest absolute Gasteiger partial charge is 0.0416 e. The first-order chi connectivity index (χ1) is 9.20. The fourth-order valence-corrected chi connectivity index (χ4v) is 4.95. The summed E-state index contributed by atoms with van der Waals surface area (Å²) in [6.45, 7) is 9.68. The minimum absolute atomic E-state index is 0.565. The van der Waals surface area contributed by atoms with Gasteiger partial charge in [-0.25, -0.2) is 0 Å². The lowest BCUT2D eigenvalue weighted by molar-refractivity contribution is 0.0423. The SMILES string of the molecule is Cc1ccsc1C(C)N1CCCC2(CCCNC2)C1. The molecule has 1 N–H and O–H groups in total. The molecular weight excluding hydrogens is 252 g/mol. The lowest BCUT2D eigenvalue weighted by Crippen LogP contribution is -2.51. The van der Waals surface area contributed by atoms with E-state index in [-0.39, 0.29) is 0 Å². The van der Waals surface area contributed by atoms with Gasteiger partial charge in [-0.2, -0.15) is 0 Å². The van der Waals surface area contributed by atoms with Gasteiger partial charge in [0.05, 0.1) is 0 Å². The molecule has 2 atom stereocenters. The van der Waals surface area contributed by atoms with Crippen LogP contribution < -0.4 is 5.32 Å². The van der Waals surface area contributed by atoms with Crippen molar-refractivity contribution in [2.24, 2.45) is 5.41 Å². The summed E-state index contributed by atoms with van der Waals surface area (Å²) >= 11 is 1.93. The lowest BCUT2D eigenvalue weighted by Gasteiger charge is -2.47. The summed E-state index contributed by atoms with van der Waals surface area (Å²) in [4.78, 5) is 4.30. The maximum atomic E-state index is 3.63. The first kappa shape index (κ1) is 13.6. The van der Waals surface area contributed by atoms with Gasteiger partial charge in [0.25, 0.3) is 0 Å². The van der Waals surface area contributed by atoms with Crippen LogP contribution >= 0.6 is 11.3 Å². The third-order valence-electron chi connectivity index (χ3n) is 5.08. The fourth-order valence-electron chi connectivity index (χ4n) is 3.93. The Balaban J connectivity index is 1.72. The van der Waals surface area contributed by atoms with E-state index in [1.165, 1.54) is 57.4 Å². The van der Waals surface area contributed by atoms with Crippen LogP contribution in [0.1, 0.15) is 49.1 Å².